The zero-order valence-electron chi connectivity index (χ0n) is 4.96. The third-order valence-electron chi connectivity index (χ3n) is 1.01. The molecule has 1 heterocycles. The van der Waals surface area contributed by atoms with E-state index in [1.165, 1.54) is 0 Å². The highest BCUT2D eigenvalue weighted by Gasteiger charge is 2.19. The van der Waals surface area contributed by atoms with Crippen LogP contribution in [-0.4, -0.2) is 25.5 Å². The molecule has 0 aliphatic carbocycles. The van der Waals surface area contributed by atoms with E-state index in [-0.39, 0.29) is 12.3 Å². The molecular formula is C5H11NO2. The molecule has 0 amide bonds. The summed E-state index contributed by atoms with van der Waals surface area (Å²) in [5.74, 6) is 0. The van der Waals surface area contributed by atoms with Gasteiger partial charge in [-0.1, -0.05) is 0 Å². The van der Waals surface area contributed by atoms with Crippen molar-refractivity contribution in [3.8, 4) is 0 Å². The van der Waals surface area contributed by atoms with Gasteiger partial charge in [0.1, 0.15) is 12.3 Å². The van der Waals surface area contributed by atoms with Crippen LogP contribution in [0.1, 0.15) is 6.92 Å². The van der Waals surface area contributed by atoms with Crippen molar-refractivity contribution in [2.45, 2.75) is 19.3 Å². The molecule has 0 aromatic rings. The first-order valence-corrected chi connectivity index (χ1v) is 2.78. The lowest BCUT2D eigenvalue weighted by atomic mass is 10.3. The van der Waals surface area contributed by atoms with Crippen LogP contribution in [0.4, 0.5) is 0 Å². The van der Waals surface area contributed by atoms with Gasteiger partial charge in [-0.3, -0.25) is 0 Å². The van der Waals surface area contributed by atoms with Crippen molar-refractivity contribution < 1.29 is 9.47 Å². The summed E-state index contributed by atoms with van der Waals surface area (Å²) in [6, 6.07) is 0. The average Bonchev–Trinajstić information content (AvgIpc) is 1.55. The fourth-order valence-electron chi connectivity index (χ4n) is 0.596. The Morgan fingerprint density at radius 2 is 2.38 bits per heavy atom. The summed E-state index contributed by atoms with van der Waals surface area (Å²) < 4.78 is 9.99. The minimum absolute atomic E-state index is 0.149. The van der Waals surface area contributed by atoms with Crippen molar-refractivity contribution in [2.75, 3.05) is 13.2 Å². The van der Waals surface area contributed by atoms with Crippen LogP contribution in [0.5, 0.6) is 0 Å². The van der Waals surface area contributed by atoms with E-state index in [1.54, 1.807) is 0 Å². The Bertz CT molecular complexity index is 70.8. The number of hydrogen-bond donors (Lipinski definition) is 1. The van der Waals surface area contributed by atoms with Crippen LogP contribution in [0.25, 0.3) is 0 Å². The maximum absolute atomic E-state index is 5.32. The Morgan fingerprint density at radius 3 is 2.50 bits per heavy atom. The zero-order chi connectivity index (χ0) is 5.98. The molecule has 0 spiro atoms. The monoisotopic (exact) mass is 117 g/mol. The quantitative estimate of drug-likeness (QED) is 0.505. The summed E-state index contributed by atoms with van der Waals surface area (Å²) in [7, 11) is 0. The summed E-state index contributed by atoms with van der Waals surface area (Å²) in [6.45, 7) is 3.24. The highest BCUT2D eigenvalue weighted by atomic mass is 16.6. The third-order valence-corrected chi connectivity index (χ3v) is 1.01. The van der Waals surface area contributed by atoms with Gasteiger partial charge in [0.25, 0.3) is 0 Å². The lowest BCUT2D eigenvalue weighted by Crippen LogP contribution is -2.40. The molecule has 0 aromatic carbocycles. The van der Waals surface area contributed by atoms with Gasteiger partial charge in [0, 0.05) is 0 Å². The van der Waals surface area contributed by atoms with Crippen molar-refractivity contribution in [3.05, 3.63) is 0 Å². The van der Waals surface area contributed by atoms with Crippen molar-refractivity contribution in [1.29, 1.82) is 0 Å². The van der Waals surface area contributed by atoms with E-state index in [9.17, 15) is 0 Å². The van der Waals surface area contributed by atoms with Crippen molar-refractivity contribution >= 4 is 0 Å². The van der Waals surface area contributed by atoms with Gasteiger partial charge in [-0.2, -0.15) is 0 Å². The smallest absolute Gasteiger partial charge is 0.106 e. The van der Waals surface area contributed by atoms with E-state index >= 15 is 0 Å². The highest BCUT2D eigenvalue weighted by molar-refractivity contribution is 4.64. The van der Waals surface area contributed by atoms with E-state index < -0.39 is 0 Å². The standard InChI is InChI=1S/C5H11NO2/c1-4(6)8-5-2-7-3-5/h4-5H,2-3,6H2,1H3. The predicted molar refractivity (Wildman–Crippen MR) is 29.3 cm³/mol. The van der Waals surface area contributed by atoms with Gasteiger partial charge in [0.2, 0.25) is 0 Å². The molecule has 3 heteroatoms. The summed E-state index contributed by atoms with van der Waals surface area (Å²) in [6.07, 6.45) is 0.110. The van der Waals surface area contributed by atoms with Gasteiger partial charge in [-0.15, -0.1) is 0 Å². The normalized spacial score (nSPS) is 24.8. The van der Waals surface area contributed by atoms with E-state index in [2.05, 4.69) is 0 Å². The molecule has 1 aliphatic heterocycles. The molecule has 1 fully saturated rings. The molecular weight excluding hydrogens is 106 g/mol. The first-order valence-electron chi connectivity index (χ1n) is 2.78. The summed E-state index contributed by atoms with van der Waals surface area (Å²) in [5, 5.41) is 0. The summed E-state index contributed by atoms with van der Waals surface area (Å²) in [5.41, 5.74) is 5.32. The molecule has 1 aliphatic rings. The molecule has 1 saturated heterocycles. The van der Waals surface area contributed by atoms with Crippen LogP contribution in [0, 0.1) is 0 Å². The van der Waals surface area contributed by atoms with E-state index in [1.807, 2.05) is 6.92 Å². The van der Waals surface area contributed by atoms with E-state index in [4.69, 9.17) is 15.2 Å². The number of rotatable bonds is 2. The van der Waals surface area contributed by atoms with E-state index in [0.29, 0.717) is 13.2 Å². The average molecular weight is 117 g/mol. The van der Waals surface area contributed by atoms with Gasteiger partial charge >= 0.3 is 0 Å². The molecule has 48 valence electrons. The van der Waals surface area contributed by atoms with Gasteiger partial charge in [-0.25, -0.2) is 0 Å². The molecule has 0 bridgehead atoms. The maximum atomic E-state index is 5.32. The molecule has 3 nitrogen and oxygen atoms in total. The van der Waals surface area contributed by atoms with E-state index in [0.717, 1.165) is 0 Å². The second kappa shape index (κ2) is 2.44. The summed E-state index contributed by atoms with van der Waals surface area (Å²) >= 11 is 0. The Balaban J connectivity index is 2.01. The Hall–Kier alpha value is -0.120. The Morgan fingerprint density at radius 1 is 1.75 bits per heavy atom. The minimum Gasteiger partial charge on any atom is -0.376 e. The van der Waals surface area contributed by atoms with Gasteiger partial charge in [0.05, 0.1) is 13.2 Å². The predicted octanol–water partition coefficient (Wildman–Crippen LogP) is -0.294. The van der Waals surface area contributed by atoms with Gasteiger partial charge in [0.15, 0.2) is 0 Å². The second-order valence-corrected chi connectivity index (χ2v) is 2.00. The Kier molecular flexibility index (Phi) is 1.83. The fraction of sp³-hybridized carbons (Fsp3) is 1.00. The molecule has 1 unspecified atom stereocenters. The van der Waals surface area contributed by atoms with Crippen molar-refractivity contribution in [2.24, 2.45) is 5.73 Å². The molecule has 8 heavy (non-hydrogen) atoms. The number of ether oxygens (including phenoxy) is 2. The molecule has 0 saturated carbocycles. The SMILES string of the molecule is CC(N)OC1COC1. The van der Waals surface area contributed by atoms with Crippen LogP contribution >= 0.6 is 0 Å². The summed E-state index contributed by atoms with van der Waals surface area (Å²) in [4.78, 5) is 0. The molecule has 1 rings (SSSR count). The number of hydrogen-bond acceptors (Lipinski definition) is 3. The lowest BCUT2D eigenvalue weighted by molar-refractivity contribution is -0.149. The van der Waals surface area contributed by atoms with Gasteiger partial charge in [-0.05, 0) is 6.92 Å². The lowest BCUT2D eigenvalue weighted by Gasteiger charge is -2.27. The molecule has 0 aromatic heterocycles. The van der Waals surface area contributed by atoms with Crippen LogP contribution in [0.15, 0.2) is 0 Å². The molecule has 2 N–H and O–H groups in total. The van der Waals surface area contributed by atoms with Crippen LogP contribution < -0.4 is 5.73 Å². The second-order valence-electron chi connectivity index (χ2n) is 2.00. The molecule has 0 radical (unpaired) electrons. The topological polar surface area (TPSA) is 44.5 Å². The third kappa shape index (κ3) is 1.43. The fourth-order valence-corrected chi connectivity index (χ4v) is 0.596. The molecule has 1 atom stereocenters. The van der Waals surface area contributed by atoms with Crippen LogP contribution in [-0.2, 0) is 9.47 Å². The first-order chi connectivity index (χ1) is 3.79. The highest BCUT2D eigenvalue weighted by Crippen LogP contribution is 2.05. The number of nitrogens with two attached hydrogens (primary N) is 1. The largest absolute Gasteiger partial charge is 0.376 e. The van der Waals surface area contributed by atoms with Crippen molar-refractivity contribution in [3.63, 3.8) is 0 Å². The minimum atomic E-state index is -0.149. The van der Waals surface area contributed by atoms with Gasteiger partial charge < -0.3 is 15.2 Å². The maximum Gasteiger partial charge on any atom is 0.106 e. The zero-order valence-corrected chi connectivity index (χ0v) is 4.96. The van der Waals surface area contributed by atoms with Crippen LogP contribution in [0.3, 0.4) is 0 Å². The first kappa shape index (κ1) is 6.01. The Labute approximate surface area is 48.8 Å². The van der Waals surface area contributed by atoms with Crippen molar-refractivity contribution in [1.82, 2.24) is 0 Å². The van der Waals surface area contributed by atoms with Crippen LogP contribution in [0.2, 0.25) is 0 Å².